The molecule has 1 unspecified atom stereocenters. The van der Waals surface area contributed by atoms with Gasteiger partial charge in [-0.15, -0.1) is 0 Å². The maximum absolute atomic E-state index is 5.67. The summed E-state index contributed by atoms with van der Waals surface area (Å²) in [6, 6.07) is 8.17. The zero-order valence-corrected chi connectivity index (χ0v) is 15.7. The van der Waals surface area contributed by atoms with Crippen molar-refractivity contribution in [3.63, 3.8) is 0 Å². The van der Waals surface area contributed by atoms with Crippen LogP contribution in [0, 0.1) is 0 Å². The molecule has 1 aliphatic heterocycles. The van der Waals surface area contributed by atoms with E-state index < -0.39 is 0 Å². The molecule has 1 N–H and O–H groups in total. The first kappa shape index (κ1) is 19.5. The SMILES string of the molecule is CCOc1ccc(CN(C)C(=NC)NCCOCC2CCCO2)cc1. The zero-order chi connectivity index (χ0) is 17.9. The highest BCUT2D eigenvalue weighted by Crippen LogP contribution is 2.13. The van der Waals surface area contributed by atoms with Crippen molar-refractivity contribution in [3.8, 4) is 5.75 Å². The van der Waals surface area contributed by atoms with Crippen LogP contribution in [0.5, 0.6) is 5.75 Å². The highest BCUT2D eigenvalue weighted by Gasteiger charge is 2.15. The molecule has 0 bridgehead atoms. The summed E-state index contributed by atoms with van der Waals surface area (Å²) < 4.78 is 16.7. The fraction of sp³-hybridized carbons (Fsp3) is 0.632. The van der Waals surface area contributed by atoms with Gasteiger partial charge in [-0.1, -0.05) is 12.1 Å². The molecule has 1 atom stereocenters. The summed E-state index contributed by atoms with van der Waals surface area (Å²) in [6.07, 6.45) is 2.54. The second-order valence-corrected chi connectivity index (χ2v) is 6.12. The van der Waals surface area contributed by atoms with Gasteiger partial charge in [-0.25, -0.2) is 0 Å². The van der Waals surface area contributed by atoms with E-state index in [0.29, 0.717) is 19.8 Å². The smallest absolute Gasteiger partial charge is 0.193 e. The Morgan fingerprint density at radius 3 is 2.80 bits per heavy atom. The van der Waals surface area contributed by atoms with Crippen molar-refractivity contribution in [1.29, 1.82) is 0 Å². The molecule has 1 aromatic carbocycles. The molecule has 0 amide bonds. The van der Waals surface area contributed by atoms with Crippen LogP contribution in [0.1, 0.15) is 25.3 Å². The molecular formula is C19H31N3O3. The number of benzene rings is 1. The highest BCUT2D eigenvalue weighted by atomic mass is 16.5. The van der Waals surface area contributed by atoms with E-state index in [9.17, 15) is 0 Å². The lowest BCUT2D eigenvalue weighted by Crippen LogP contribution is -2.40. The van der Waals surface area contributed by atoms with Crippen LogP contribution in [-0.4, -0.2) is 64.0 Å². The number of nitrogens with zero attached hydrogens (tertiary/aromatic N) is 2. The van der Waals surface area contributed by atoms with Gasteiger partial charge >= 0.3 is 0 Å². The molecule has 0 aromatic heterocycles. The van der Waals surface area contributed by atoms with Gasteiger partial charge in [-0.05, 0) is 37.5 Å². The lowest BCUT2D eigenvalue weighted by molar-refractivity contribution is 0.0190. The third-order valence-electron chi connectivity index (χ3n) is 4.08. The van der Waals surface area contributed by atoms with Gasteiger partial charge in [0.2, 0.25) is 0 Å². The largest absolute Gasteiger partial charge is 0.494 e. The van der Waals surface area contributed by atoms with Crippen molar-refractivity contribution < 1.29 is 14.2 Å². The minimum Gasteiger partial charge on any atom is -0.494 e. The van der Waals surface area contributed by atoms with Gasteiger partial charge in [0.15, 0.2) is 5.96 Å². The minimum atomic E-state index is 0.279. The van der Waals surface area contributed by atoms with E-state index in [4.69, 9.17) is 14.2 Å². The van der Waals surface area contributed by atoms with Crippen LogP contribution in [0.15, 0.2) is 29.3 Å². The van der Waals surface area contributed by atoms with Crippen molar-refractivity contribution in [1.82, 2.24) is 10.2 Å². The summed E-state index contributed by atoms with van der Waals surface area (Å²) in [6.45, 7) is 6.38. The fourth-order valence-corrected chi connectivity index (χ4v) is 2.82. The molecule has 2 rings (SSSR count). The Hall–Kier alpha value is -1.79. The lowest BCUT2D eigenvalue weighted by atomic mass is 10.2. The summed E-state index contributed by atoms with van der Waals surface area (Å²) in [5.74, 6) is 1.76. The van der Waals surface area contributed by atoms with Crippen LogP contribution in [0.3, 0.4) is 0 Å². The molecule has 1 saturated heterocycles. The van der Waals surface area contributed by atoms with Crippen LogP contribution in [-0.2, 0) is 16.0 Å². The third kappa shape index (κ3) is 6.92. The lowest BCUT2D eigenvalue weighted by Gasteiger charge is -2.22. The van der Waals surface area contributed by atoms with E-state index in [-0.39, 0.29) is 6.10 Å². The number of hydrogen-bond donors (Lipinski definition) is 1. The Bertz CT molecular complexity index is 513. The molecule has 1 aliphatic rings. The average Bonchev–Trinajstić information content (AvgIpc) is 3.13. The van der Waals surface area contributed by atoms with Gasteiger partial charge in [-0.2, -0.15) is 0 Å². The Morgan fingerprint density at radius 2 is 2.16 bits per heavy atom. The van der Waals surface area contributed by atoms with Gasteiger partial charge < -0.3 is 24.4 Å². The number of nitrogens with one attached hydrogen (secondary N) is 1. The molecule has 1 aromatic rings. The first-order valence-corrected chi connectivity index (χ1v) is 9.05. The predicted octanol–water partition coefficient (Wildman–Crippen LogP) is 2.29. The summed E-state index contributed by atoms with van der Waals surface area (Å²) >= 11 is 0. The summed E-state index contributed by atoms with van der Waals surface area (Å²) in [4.78, 5) is 6.43. The molecule has 1 heterocycles. The first-order chi connectivity index (χ1) is 12.2. The van der Waals surface area contributed by atoms with Gasteiger partial charge in [0.1, 0.15) is 5.75 Å². The number of guanidine groups is 1. The van der Waals surface area contributed by atoms with Crippen LogP contribution in [0.4, 0.5) is 0 Å². The molecular weight excluding hydrogens is 318 g/mol. The predicted molar refractivity (Wildman–Crippen MR) is 100 cm³/mol. The minimum absolute atomic E-state index is 0.279. The van der Waals surface area contributed by atoms with E-state index >= 15 is 0 Å². The maximum Gasteiger partial charge on any atom is 0.193 e. The second kappa shape index (κ2) is 10.9. The van der Waals surface area contributed by atoms with Gasteiger partial charge in [0.05, 0.1) is 25.9 Å². The van der Waals surface area contributed by atoms with E-state index in [2.05, 4.69) is 27.3 Å². The van der Waals surface area contributed by atoms with Crippen LogP contribution in [0.25, 0.3) is 0 Å². The fourth-order valence-electron chi connectivity index (χ4n) is 2.82. The van der Waals surface area contributed by atoms with Crippen molar-refractivity contribution in [2.75, 3.05) is 47.1 Å². The quantitative estimate of drug-likeness (QED) is 0.421. The molecule has 0 saturated carbocycles. The van der Waals surface area contributed by atoms with Gasteiger partial charge in [0.25, 0.3) is 0 Å². The van der Waals surface area contributed by atoms with Gasteiger partial charge in [0, 0.05) is 33.8 Å². The van der Waals surface area contributed by atoms with Crippen molar-refractivity contribution in [2.45, 2.75) is 32.4 Å². The molecule has 6 heteroatoms. The number of hydrogen-bond acceptors (Lipinski definition) is 4. The Balaban J connectivity index is 1.67. The summed E-state index contributed by atoms with van der Waals surface area (Å²) in [5, 5.41) is 3.33. The molecule has 25 heavy (non-hydrogen) atoms. The highest BCUT2D eigenvalue weighted by molar-refractivity contribution is 5.79. The maximum atomic E-state index is 5.67. The van der Waals surface area contributed by atoms with Gasteiger partial charge in [-0.3, -0.25) is 4.99 Å². The molecule has 1 fully saturated rings. The molecule has 0 spiro atoms. The summed E-state index contributed by atoms with van der Waals surface area (Å²) in [7, 11) is 3.82. The zero-order valence-electron chi connectivity index (χ0n) is 15.7. The van der Waals surface area contributed by atoms with Crippen molar-refractivity contribution in [2.24, 2.45) is 4.99 Å². The number of aliphatic imine (C=N–C) groups is 1. The Morgan fingerprint density at radius 1 is 1.36 bits per heavy atom. The van der Waals surface area contributed by atoms with E-state index in [1.54, 1.807) is 7.05 Å². The molecule has 6 nitrogen and oxygen atoms in total. The van der Waals surface area contributed by atoms with Crippen LogP contribution < -0.4 is 10.1 Å². The van der Waals surface area contributed by atoms with Crippen LogP contribution in [0.2, 0.25) is 0 Å². The Kier molecular flexibility index (Phi) is 8.55. The van der Waals surface area contributed by atoms with E-state index in [1.165, 1.54) is 5.56 Å². The molecule has 140 valence electrons. The first-order valence-electron chi connectivity index (χ1n) is 9.05. The standard InChI is InChI=1S/C19H31N3O3/c1-4-24-17-9-7-16(8-10-17)14-22(3)19(20-2)21-11-13-23-15-18-6-5-12-25-18/h7-10,18H,4-6,11-15H2,1-3H3,(H,20,21). The molecule has 0 aliphatic carbocycles. The van der Waals surface area contributed by atoms with Crippen molar-refractivity contribution >= 4 is 5.96 Å². The topological polar surface area (TPSA) is 55.3 Å². The van der Waals surface area contributed by atoms with Crippen molar-refractivity contribution in [3.05, 3.63) is 29.8 Å². The normalized spacial score (nSPS) is 17.6. The number of rotatable bonds is 9. The monoisotopic (exact) mass is 349 g/mol. The summed E-state index contributed by atoms with van der Waals surface area (Å²) in [5.41, 5.74) is 1.21. The van der Waals surface area contributed by atoms with E-state index in [1.807, 2.05) is 26.1 Å². The number of ether oxygens (including phenoxy) is 3. The van der Waals surface area contributed by atoms with E-state index in [0.717, 1.165) is 44.2 Å². The van der Waals surface area contributed by atoms with Crippen LogP contribution >= 0.6 is 0 Å². The third-order valence-corrected chi connectivity index (χ3v) is 4.08. The Labute approximate surface area is 151 Å². The molecule has 0 radical (unpaired) electrons. The average molecular weight is 349 g/mol. The second-order valence-electron chi connectivity index (χ2n) is 6.12.